The van der Waals surface area contributed by atoms with Crippen LogP contribution in [-0.2, 0) is 0 Å². The third-order valence-electron chi connectivity index (χ3n) is 4.15. The van der Waals surface area contributed by atoms with E-state index in [-0.39, 0.29) is 0 Å². The minimum absolute atomic E-state index is 0.392. The molecule has 0 radical (unpaired) electrons. The van der Waals surface area contributed by atoms with E-state index >= 15 is 0 Å². The Morgan fingerprint density at radius 3 is 2.45 bits per heavy atom. The second-order valence-electron chi connectivity index (χ2n) is 5.88. The topological polar surface area (TPSA) is 28.2 Å². The molecule has 1 aliphatic rings. The normalized spacial score (nSPS) is 18.4. The highest BCUT2D eigenvalue weighted by Gasteiger charge is 2.11. The molecule has 0 bridgehead atoms. The van der Waals surface area contributed by atoms with Gasteiger partial charge in [0.2, 0.25) is 0 Å². The fourth-order valence-corrected chi connectivity index (χ4v) is 2.80. The molecule has 112 valence electrons. The van der Waals surface area contributed by atoms with Gasteiger partial charge in [0.1, 0.15) is 5.82 Å². The lowest BCUT2D eigenvalue weighted by atomic mass is 10.1. The first-order chi connectivity index (χ1) is 9.81. The molecule has 1 fully saturated rings. The van der Waals surface area contributed by atoms with Crippen LogP contribution in [0.1, 0.15) is 64.0 Å². The van der Waals surface area contributed by atoms with Crippen LogP contribution in [0.4, 0.5) is 5.82 Å². The van der Waals surface area contributed by atoms with Crippen molar-refractivity contribution in [2.45, 2.75) is 58.4 Å². The van der Waals surface area contributed by atoms with Gasteiger partial charge in [-0.3, -0.25) is 0 Å². The van der Waals surface area contributed by atoms with Crippen molar-refractivity contribution in [2.75, 3.05) is 24.5 Å². The van der Waals surface area contributed by atoms with Crippen LogP contribution in [0.2, 0.25) is 0 Å². The second kappa shape index (κ2) is 8.25. The van der Waals surface area contributed by atoms with Crippen molar-refractivity contribution in [1.82, 2.24) is 10.3 Å². The van der Waals surface area contributed by atoms with Gasteiger partial charge >= 0.3 is 0 Å². The lowest BCUT2D eigenvalue weighted by molar-refractivity contribution is 0.552. The molecule has 0 aromatic carbocycles. The summed E-state index contributed by atoms with van der Waals surface area (Å²) in [4.78, 5) is 7.14. The van der Waals surface area contributed by atoms with E-state index in [2.05, 4.69) is 41.2 Å². The molecule has 0 aliphatic carbocycles. The number of anilines is 1. The molecule has 1 atom stereocenters. The standard InChI is InChI=1S/C17H29N3/c1-3-11-18-15(2)16-9-10-17(19-14-16)20-12-7-5-4-6-8-13-20/h9-10,14-15,18H,3-8,11-13H2,1-2H3. The van der Waals surface area contributed by atoms with Gasteiger partial charge in [-0.1, -0.05) is 32.3 Å². The molecule has 3 nitrogen and oxygen atoms in total. The number of rotatable bonds is 5. The van der Waals surface area contributed by atoms with Crippen LogP contribution >= 0.6 is 0 Å². The van der Waals surface area contributed by atoms with Crippen LogP contribution in [-0.4, -0.2) is 24.6 Å². The van der Waals surface area contributed by atoms with Gasteiger partial charge in [-0.2, -0.15) is 0 Å². The number of nitrogens with zero attached hydrogens (tertiary/aromatic N) is 2. The summed E-state index contributed by atoms with van der Waals surface area (Å²) in [5.41, 5.74) is 1.29. The van der Waals surface area contributed by atoms with Crippen molar-refractivity contribution in [3.8, 4) is 0 Å². The van der Waals surface area contributed by atoms with Crippen LogP contribution in [0.5, 0.6) is 0 Å². The zero-order chi connectivity index (χ0) is 14.2. The summed E-state index contributed by atoms with van der Waals surface area (Å²) >= 11 is 0. The van der Waals surface area contributed by atoms with Gasteiger partial charge in [0.25, 0.3) is 0 Å². The molecule has 1 aromatic heterocycles. The Labute approximate surface area is 123 Å². The Balaban J connectivity index is 1.95. The van der Waals surface area contributed by atoms with Gasteiger partial charge in [0.05, 0.1) is 0 Å². The first-order valence-corrected chi connectivity index (χ1v) is 8.25. The van der Waals surface area contributed by atoms with Crippen molar-refractivity contribution in [3.63, 3.8) is 0 Å². The maximum atomic E-state index is 4.69. The third kappa shape index (κ3) is 4.48. The number of aromatic nitrogens is 1. The molecule has 2 heterocycles. The van der Waals surface area contributed by atoms with Crippen LogP contribution in [0, 0.1) is 0 Å². The van der Waals surface area contributed by atoms with Crippen LogP contribution in [0.25, 0.3) is 0 Å². The van der Waals surface area contributed by atoms with E-state index in [4.69, 9.17) is 0 Å². The second-order valence-corrected chi connectivity index (χ2v) is 5.88. The lowest BCUT2D eigenvalue weighted by Crippen LogP contribution is -2.28. The van der Waals surface area contributed by atoms with Crippen molar-refractivity contribution in [2.24, 2.45) is 0 Å². The van der Waals surface area contributed by atoms with Crippen molar-refractivity contribution in [3.05, 3.63) is 23.9 Å². The average Bonchev–Trinajstić information content (AvgIpc) is 2.45. The molecule has 0 amide bonds. The van der Waals surface area contributed by atoms with Crippen LogP contribution < -0.4 is 10.2 Å². The Morgan fingerprint density at radius 2 is 1.85 bits per heavy atom. The lowest BCUT2D eigenvalue weighted by Gasteiger charge is -2.26. The molecule has 20 heavy (non-hydrogen) atoms. The number of hydrogen-bond acceptors (Lipinski definition) is 3. The number of pyridine rings is 1. The molecule has 0 saturated carbocycles. The third-order valence-corrected chi connectivity index (χ3v) is 4.15. The first kappa shape index (κ1) is 15.3. The summed E-state index contributed by atoms with van der Waals surface area (Å²) in [5.74, 6) is 1.15. The highest BCUT2D eigenvalue weighted by atomic mass is 15.2. The van der Waals surface area contributed by atoms with E-state index in [1.807, 2.05) is 6.20 Å². The maximum Gasteiger partial charge on any atom is 0.128 e. The van der Waals surface area contributed by atoms with Crippen LogP contribution in [0.15, 0.2) is 18.3 Å². The number of nitrogens with one attached hydrogen (secondary N) is 1. The van der Waals surface area contributed by atoms with E-state index in [1.165, 1.54) is 44.1 Å². The summed E-state index contributed by atoms with van der Waals surface area (Å²) in [5, 5.41) is 3.51. The number of hydrogen-bond donors (Lipinski definition) is 1. The quantitative estimate of drug-likeness (QED) is 0.883. The van der Waals surface area contributed by atoms with Gasteiger partial charge in [-0.15, -0.1) is 0 Å². The van der Waals surface area contributed by atoms with Crippen molar-refractivity contribution in [1.29, 1.82) is 0 Å². The zero-order valence-electron chi connectivity index (χ0n) is 13.1. The molecule has 1 aromatic rings. The summed E-state index contributed by atoms with van der Waals surface area (Å²) in [6, 6.07) is 4.82. The van der Waals surface area contributed by atoms with Gasteiger partial charge in [-0.05, 0) is 44.4 Å². The van der Waals surface area contributed by atoms with Gasteiger partial charge in [0, 0.05) is 25.3 Å². The fraction of sp³-hybridized carbons (Fsp3) is 0.706. The fourth-order valence-electron chi connectivity index (χ4n) is 2.80. The molecule has 1 unspecified atom stereocenters. The minimum atomic E-state index is 0.392. The Hall–Kier alpha value is -1.09. The zero-order valence-corrected chi connectivity index (χ0v) is 13.1. The predicted octanol–water partition coefficient (Wildman–Crippen LogP) is 3.91. The average molecular weight is 275 g/mol. The Bertz CT molecular complexity index is 366. The SMILES string of the molecule is CCCNC(C)c1ccc(N2CCCCCCC2)nc1. The van der Waals surface area contributed by atoms with E-state index in [9.17, 15) is 0 Å². The molecule has 3 heteroatoms. The molecule has 1 saturated heterocycles. The van der Waals surface area contributed by atoms with Crippen LogP contribution in [0.3, 0.4) is 0 Å². The van der Waals surface area contributed by atoms with Gasteiger partial charge in [0.15, 0.2) is 0 Å². The molecular formula is C17H29N3. The Morgan fingerprint density at radius 1 is 1.15 bits per heavy atom. The van der Waals surface area contributed by atoms with Crippen molar-refractivity contribution >= 4 is 5.82 Å². The maximum absolute atomic E-state index is 4.69. The summed E-state index contributed by atoms with van der Waals surface area (Å²) < 4.78 is 0. The van der Waals surface area contributed by atoms with E-state index in [0.29, 0.717) is 6.04 Å². The monoisotopic (exact) mass is 275 g/mol. The summed E-state index contributed by atoms with van der Waals surface area (Å²) in [6.45, 7) is 7.80. The summed E-state index contributed by atoms with van der Waals surface area (Å²) in [7, 11) is 0. The van der Waals surface area contributed by atoms with E-state index in [0.717, 1.165) is 25.5 Å². The predicted molar refractivity (Wildman–Crippen MR) is 86.2 cm³/mol. The van der Waals surface area contributed by atoms with Gasteiger partial charge < -0.3 is 10.2 Å². The van der Waals surface area contributed by atoms with E-state index in [1.54, 1.807) is 0 Å². The largest absolute Gasteiger partial charge is 0.357 e. The highest BCUT2D eigenvalue weighted by molar-refractivity contribution is 5.39. The minimum Gasteiger partial charge on any atom is -0.357 e. The molecule has 0 spiro atoms. The summed E-state index contributed by atoms with van der Waals surface area (Å²) in [6.07, 6.45) is 9.96. The molecule has 2 rings (SSSR count). The van der Waals surface area contributed by atoms with E-state index < -0.39 is 0 Å². The smallest absolute Gasteiger partial charge is 0.128 e. The molecule has 1 N–H and O–H groups in total. The Kier molecular flexibility index (Phi) is 6.31. The molecular weight excluding hydrogens is 246 g/mol. The highest BCUT2D eigenvalue weighted by Crippen LogP contribution is 2.19. The van der Waals surface area contributed by atoms with Gasteiger partial charge in [-0.25, -0.2) is 4.98 Å². The van der Waals surface area contributed by atoms with Crippen molar-refractivity contribution < 1.29 is 0 Å². The first-order valence-electron chi connectivity index (χ1n) is 8.25. The molecule has 1 aliphatic heterocycles.